The molecule has 6 rings (SSSR count). The van der Waals surface area contributed by atoms with E-state index in [1.54, 1.807) is 6.07 Å². The van der Waals surface area contributed by atoms with Crippen LogP contribution in [0.15, 0.2) is 65.5 Å². The van der Waals surface area contributed by atoms with Crippen LogP contribution in [0.4, 0.5) is 23.3 Å². The molecular formula is C23H20N8O. The average Bonchev–Trinajstić information content (AvgIpc) is 3.46. The standard InChI is InChI=1S/C23H20N8O/c32-22-16-9-8-15(10-19(16)29-31-22)24-23-25-17(13-4-2-1-3-5-13)11-20(27-23)26-21-12-18(28-30-21)14-6-7-14/h1-5,8-12,14H,6-7H2,(H2,29,31,32)(H3,24,25,26,27,28,30). The summed E-state index contributed by atoms with van der Waals surface area (Å²) < 4.78 is 0. The number of fused-ring (bicyclic) bond motifs is 1. The Balaban J connectivity index is 1.35. The molecule has 0 unspecified atom stereocenters. The van der Waals surface area contributed by atoms with Gasteiger partial charge in [-0.05, 0) is 31.0 Å². The molecule has 1 fully saturated rings. The topological polar surface area (TPSA) is 127 Å². The number of anilines is 4. The van der Waals surface area contributed by atoms with E-state index in [1.807, 2.05) is 54.6 Å². The van der Waals surface area contributed by atoms with Gasteiger partial charge >= 0.3 is 0 Å². The van der Waals surface area contributed by atoms with Crippen molar-refractivity contribution in [2.75, 3.05) is 10.6 Å². The van der Waals surface area contributed by atoms with Crippen LogP contribution in [0.25, 0.3) is 22.2 Å². The number of hydrogen-bond acceptors (Lipinski definition) is 6. The number of hydrogen-bond donors (Lipinski definition) is 5. The number of rotatable bonds is 6. The van der Waals surface area contributed by atoms with Crippen LogP contribution < -0.4 is 16.2 Å². The van der Waals surface area contributed by atoms with Crippen molar-refractivity contribution in [3.05, 3.63) is 76.7 Å². The number of nitrogens with zero attached hydrogens (tertiary/aromatic N) is 3. The van der Waals surface area contributed by atoms with Crippen molar-refractivity contribution in [3.8, 4) is 11.3 Å². The molecule has 0 atom stereocenters. The zero-order valence-corrected chi connectivity index (χ0v) is 17.0. The second-order valence-electron chi connectivity index (χ2n) is 7.90. The van der Waals surface area contributed by atoms with Crippen molar-refractivity contribution in [2.45, 2.75) is 18.8 Å². The van der Waals surface area contributed by atoms with Gasteiger partial charge in [-0.3, -0.25) is 20.1 Å². The first-order chi connectivity index (χ1) is 15.7. The van der Waals surface area contributed by atoms with Crippen molar-refractivity contribution in [1.29, 1.82) is 0 Å². The van der Waals surface area contributed by atoms with Gasteiger partial charge in [-0.2, -0.15) is 10.1 Å². The molecule has 0 amide bonds. The molecule has 5 aromatic rings. The number of aromatic nitrogens is 6. The molecule has 1 aliphatic rings. The van der Waals surface area contributed by atoms with Crippen LogP contribution in [0.3, 0.4) is 0 Å². The molecule has 0 saturated heterocycles. The van der Waals surface area contributed by atoms with Gasteiger partial charge in [0.2, 0.25) is 5.95 Å². The normalized spacial score (nSPS) is 13.4. The summed E-state index contributed by atoms with van der Waals surface area (Å²) in [7, 11) is 0. The third kappa shape index (κ3) is 3.60. The smallest absolute Gasteiger partial charge is 0.271 e. The Labute approximate surface area is 182 Å². The van der Waals surface area contributed by atoms with E-state index >= 15 is 0 Å². The van der Waals surface area contributed by atoms with Gasteiger partial charge in [-0.15, -0.1) is 0 Å². The Hall–Kier alpha value is -4.40. The van der Waals surface area contributed by atoms with E-state index in [2.05, 4.69) is 36.0 Å². The Morgan fingerprint density at radius 3 is 2.59 bits per heavy atom. The van der Waals surface area contributed by atoms with Gasteiger partial charge in [0, 0.05) is 35.0 Å². The molecule has 3 aromatic heterocycles. The second-order valence-corrected chi connectivity index (χ2v) is 7.90. The van der Waals surface area contributed by atoms with Gasteiger partial charge in [0.1, 0.15) is 5.82 Å². The molecule has 5 N–H and O–H groups in total. The van der Waals surface area contributed by atoms with Crippen LogP contribution in [0.2, 0.25) is 0 Å². The molecular weight excluding hydrogens is 404 g/mol. The summed E-state index contributed by atoms with van der Waals surface area (Å²) in [6.07, 6.45) is 2.41. The van der Waals surface area contributed by atoms with E-state index < -0.39 is 0 Å². The summed E-state index contributed by atoms with van der Waals surface area (Å²) in [5.74, 6) is 2.38. The Morgan fingerprint density at radius 2 is 1.75 bits per heavy atom. The maximum absolute atomic E-state index is 11.8. The predicted octanol–water partition coefficient (Wildman–Crippen LogP) is 4.40. The average molecular weight is 424 g/mol. The van der Waals surface area contributed by atoms with Crippen molar-refractivity contribution in [1.82, 2.24) is 30.4 Å². The van der Waals surface area contributed by atoms with Crippen LogP contribution >= 0.6 is 0 Å². The summed E-state index contributed by atoms with van der Waals surface area (Å²) in [5.41, 5.74) is 4.23. The molecule has 158 valence electrons. The molecule has 0 aliphatic heterocycles. The maximum atomic E-state index is 11.8. The zero-order chi connectivity index (χ0) is 21.5. The number of H-pyrrole nitrogens is 3. The lowest BCUT2D eigenvalue weighted by Gasteiger charge is -2.10. The molecule has 1 aliphatic carbocycles. The predicted molar refractivity (Wildman–Crippen MR) is 124 cm³/mol. The van der Waals surface area contributed by atoms with E-state index in [0.29, 0.717) is 28.6 Å². The summed E-state index contributed by atoms with van der Waals surface area (Å²) in [5, 5.41) is 20.1. The molecule has 3 heterocycles. The van der Waals surface area contributed by atoms with E-state index in [-0.39, 0.29) is 5.56 Å². The largest absolute Gasteiger partial charge is 0.324 e. The maximum Gasteiger partial charge on any atom is 0.271 e. The highest BCUT2D eigenvalue weighted by atomic mass is 16.1. The Kier molecular flexibility index (Phi) is 4.24. The minimum absolute atomic E-state index is 0.148. The van der Waals surface area contributed by atoms with E-state index in [1.165, 1.54) is 12.8 Å². The quantitative estimate of drug-likeness (QED) is 0.275. The third-order valence-corrected chi connectivity index (χ3v) is 5.50. The van der Waals surface area contributed by atoms with Crippen LogP contribution in [-0.4, -0.2) is 30.4 Å². The molecule has 0 spiro atoms. The van der Waals surface area contributed by atoms with Gasteiger partial charge in [-0.25, -0.2) is 4.98 Å². The molecule has 9 heteroatoms. The first kappa shape index (κ1) is 18.4. The highest BCUT2D eigenvalue weighted by Gasteiger charge is 2.25. The van der Waals surface area contributed by atoms with Gasteiger partial charge in [0.05, 0.1) is 16.6 Å². The number of benzene rings is 2. The molecule has 0 radical (unpaired) electrons. The molecule has 32 heavy (non-hydrogen) atoms. The lowest BCUT2D eigenvalue weighted by Crippen LogP contribution is -2.03. The summed E-state index contributed by atoms with van der Waals surface area (Å²) >= 11 is 0. The number of nitrogens with one attached hydrogen (secondary N) is 5. The minimum atomic E-state index is -0.148. The van der Waals surface area contributed by atoms with Gasteiger partial charge in [0.15, 0.2) is 5.82 Å². The Bertz CT molecular complexity index is 1460. The molecule has 2 aromatic carbocycles. The molecule has 0 bridgehead atoms. The zero-order valence-electron chi connectivity index (χ0n) is 17.0. The van der Waals surface area contributed by atoms with E-state index in [4.69, 9.17) is 4.98 Å². The Morgan fingerprint density at radius 1 is 0.875 bits per heavy atom. The lowest BCUT2D eigenvalue weighted by atomic mass is 10.1. The summed E-state index contributed by atoms with van der Waals surface area (Å²) in [6, 6.07) is 19.3. The van der Waals surface area contributed by atoms with E-state index in [9.17, 15) is 4.79 Å². The van der Waals surface area contributed by atoms with Crippen LogP contribution in [0, 0.1) is 0 Å². The van der Waals surface area contributed by atoms with E-state index in [0.717, 1.165) is 28.5 Å². The van der Waals surface area contributed by atoms with Crippen molar-refractivity contribution in [3.63, 3.8) is 0 Å². The minimum Gasteiger partial charge on any atom is -0.324 e. The fraction of sp³-hybridized carbons (Fsp3) is 0.130. The van der Waals surface area contributed by atoms with Crippen LogP contribution in [-0.2, 0) is 0 Å². The second kappa shape index (κ2) is 7.38. The molecule has 9 nitrogen and oxygen atoms in total. The van der Waals surface area contributed by atoms with Crippen LogP contribution in [0.1, 0.15) is 24.5 Å². The summed E-state index contributed by atoms with van der Waals surface area (Å²) in [4.78, 5) is 21.1. The van der Waals surface area contributed by atoms with Crippen molar-refractivity contribution in [2.24, 2.45) is 0 Å². The fourth-order valence-corrected chi connectivity index (χ4v) is 3.70. The monoisotopic (exact) mass is 424 g/mol. The van der Waals surface area contributed by atoms with Crippen molar-refractivity contribution >= 4 is 34.2 Å². The first-order valence-electron chi connectivity index (χ1n) is 10.5. The number of aromatic amines is 3. The molecule has 1 saturated carbocycles. The lowest BCUT2D eigenvalue weighted by molar-refractivity contribution is 0.966. The summed E-state index contributed by atoms with van der Waals surface area (Å²) in [6.45, 7) is 0. The third-order valence-electron chi connectivity index (χ3n) is 5.50. The SMILES string of the molecule is O=c1[nH][nH]c2cc(Nc3nc(Nc4cc(C5CC5)[nH]n4)cc(-c4ccccc4)n3)ccc12. The van der Waals surface area contributed by atoms with Gasteiger partial charge < -0.3 is 10.6 Å². The van der Waals surface area contributed by atoms with Crippen molar-refractivity contribution < 1.29 is 0 Å². The van der Waals surface area contributed by atoms with Gasteiger partial charge in [0.25, 0.3) is 5.56 Å². The van der Waals surface area contributed by atoms with Crippen LogP contribution in [0.5, 0.6) is 0 Å². The fourth-order valence-electron chi connectivity index (χ4n) is 3.70. The highest BCUT2D eigenvalue weighted by Crippen LogP contribution is 2.39. The highest BCUT2D eigenvalue weighted by molar-refractivity contribution is 5.82. The van der Waals surface area contributed by atoms with Gasteiger partial charge in [-0.1, -0.05) is 30.3 Å². The first-order valence-corrected chi connectivity index (χ1v) is 10.5.